The largest absolute Gasteiger partial charge is 1.00 e. The number of carbonyl (C=O) groups excluding carboxylic acids is 2. The molecule has 0 unspecified atom stereocenters. The molecule has 3 atom stereocenters. The molecular formula is C15H17N2NaO3S3. The zero-order valence-electron chi connectivity index (χ0n) is 14.0. The Kier molecular flexibility index (Phi) is 5.80. The molecule has 9 heteroatoms. The van der Waals surface area contributed by atoms with E-state index in [1.54, 1.807) is 4.90 Å². The van der Waals surface area contributed by atoms with Gasteiger partial charge in [-0.15, -0.1) is 23.1 Å². The monoisotopic (exact) mass is 392 g/mol. The van der Waals surface area contributed by atoms with Gasteiger partial charge in [-0.25, -0.2) is 0 Å². The van der Waals surface area contributed by atoms with Gasteiger partial charge in [0.15, 0.2) is 0 Å². The molecule has 24 heavy (non-hydrogen) atoms. The van der Waals surface area contributed by atoms with E-state index in [0.717, 1.165) is 4.88 Å². The molecule has 0 bridgehead atoms. The zero-order valence-corrected chi connectivity index (χ0v) is 18.4. The standard InChI is InChI=1S/C15H18N2O3S3.Na/c1-14(2)10(11(19)20)17-12(21)15(3,13(17)23-14)16-9(18)7-8-5-4-6-22-8;/h4-6,10,13H,7H2,1-3H3,(H,16,18)(H,19,20);/q;+1/p-1/t10-,13+,15-;/m0./s1. The summed E-state index contributed by atoms with van der Waals surface area (Å²) < 4.78 is -0.524. The molecule has 1 amide bonds. The Labute approximate surface area is 176 Å². The summed E-state index contributed by atoms with van der Waals surface area (Å²) in [6.45, 7) is 5.60. The van der Waals surface area contributed by atoms with E-state index in [1.807, 2.05) is 38.3 Å². The molecule has 0 radical (unpaired) electrons. The van der Waals surface area contributed by atoms with E-state index in [-0.39, 0.29) is 40.8 Å². The third kappa shape index (κ3) is 3.17. The first-order valence-electron chi connectivity index (χ1n) is 7.21. The topological polar surface area (TPSA) is 72.5 Å². The molecule has 0 aliphatic carbocycles. The number of thiocarbonyl (C=S) groups is 1. The fraction of sp³-hybridized carbons (Fsp3) is 0.533. The summed E-state index contributed by atoms with van der Waals surface area (Å²) >= 11 is 8.48. The van der Waals surface area contributed by atoms with Crippen molar-refractivity contribution in [2.24, 2.45) is 0 Å². The van der Waals surface area contributed by atoms with Crippen LogP contribution in [-0.2, 0) is 16.0 Å². The summed E-state index contributed by atoms with van der Waals surface area (Å²) in [5.74, 6) is -1.23. The van der Waals surface area contributed by atoms with Gasteiger partial charge < -0.3 is 20.1 Å². The summed E-state index contributed by atoms with van der Waals surface area (Å²) in [6.07, 6.45) is 0.306. The minimum atomic E-state index is -1.13. The van der Waals surface area contributed by atoms with E-state index in [0.29, 0.717) is 11.4 Å². The van der Waals surface area contributed by atoms with Crippen molar-refractivity contribution in [3.63, 3.8) is 0 Å². The van der Waals surface area contributed by atoms with E-state index in [9.17, 15) is 14.7 Å². The van der Waals surface area contributed by atoms with Gasteiger partial charge in [0.05, 0.1) is 18.4 Å². The Morgan fingerprint density at radius 1 is 1.42 bits per heavy atom. The number of carboxylic acids is 1. The molecule has 2 fully saturated rings. The molecule has 0 aromatic carbocycles. The molecule has 1 aromatic heterocycles. The third-order valence-electron chi connectivity index (χ3n) is 4.31. The average Bonchev–Trinajstić information content (AvgIpc) is 3.02. The molecule has 2 aliphatic rings. The van der Waals surface area contributed by atoms with Crippen LogP contribution in [-0.4, -0.2) is 43.5 Å². The van der Waals surface area contributed by atoms with Gasteiger partial charge in [-0.05, 0) is 32.2 Å². The predicted molar refractivity (Wildman–Crippen MR) is 93.3 cm³/mol. The number of hydrogen-bond donors (Lipinski definition) is 1. The molecule has 3 rings (SSSR count). The van der Waals surface area contributed by atoms with Crippen molar-refractivity contribution in [2.45, 2.75) is 48.9 Å². The minimum Gasteiger partial charge on any atom is -0.548 e. The van der Waals surface area contributed by atoms with Crippen molar-refractivity contribution >= 4 is 52.2 Å². The van der Waals surface area contributed by atoms with Crippen molar-refractivity contribution in [2.75, 3.05) is 0 Å². The molecule has 124 valence electrons. The Morgan fingerprint density at radius 3 is 2.62 bits per heavy atom. The average molecular weight is 393 g/mol. The van der Waals surface area contributed by atoms with Crippen molar-refractivity contribution in [1.29, 1.82) is 0 Å². The van der Waals surface area contributed by atoms with Crippen LogP contribution < -0.4 is 40.0 Å². The van der Waals surface area contributed by atoms with E-state index in [4.69, 9.17) is 12.2 Å². The molecular weight excluding hydrogens is 375 g/mol. The maximum atomic E-state index is 12.3. The van der Waals surface area contributed by atoms with Crippen molar-refractivity contribution < 1.29 is 44.3 Å². The molecule has 1 N–H and O–H groups in total. The third-order valence-corrected chi connectivity index (χ3v) is 7.58. The number of amides is 1. The van der Waals surface area contributed by atoms with Crippen molar-refractivity contribution in [1.82, 2.24) is 10.2 Å². The number of rotatable bonds is 4. The van der Waals surface area contributed by atoms with E-state index < -0.39 is 22.3 Å². The molecule has 2 saturated heterocycles. The molecule has 0 saturated carbocycles. The number of thioether (sulfide) groups is 1. The van der Waals surface area contributed by atoms with Crippen molar-refractivity contribution in [3.8, 4) is 0 Å². The predicted octanol–water partition coefficient (Wildman–Crippen LogP) is -2.22. The van der Waals surface area contributed by atoms with Crippen LogP contribution in [0.25, 0.3) is 0 Å². The van der Waals surface area contributed by atoms with Gasteiger partial charge >= 0.3 is 29.6 Å². The smallest absolute Gasteiger partial charge is 0.548 e. The fourth-order valence-electron chi connectivity index (χ4n) is 3.22. The quantitative estimate of drug-likeness (QED) is 0.463. The number of nitrogens with one attached hydrogen (secondary N) is 1. The van der Waals surface area contributed by atoms with Gasteiger partial charge in [-0.1, -0.05) is 18.3 Å². The number of nitrogens with zero attached hydrogens (tertiary/aromatic N) is 1. The first-order valence-corrected chi connectivity index (χ1v) is 9.38. The van der Waals surface area contributed by atoms with Gasteiger partial charge in [0, 0.05) is 9.62 Å². The Balaban J connectivity index is 0.00000208. The van der Waals surface area contributed by atoms with Gasteiger partial charge in [0.25, 0.3) is 0 Å². The van der Waals surface area contributed by atoms with Crippen LogP contribution in [0.1, 0.15) is 25.6 Å². The number of hydrogen-bond acceptors (Lipinski definition) is 6. The first kappa shape index (κ1) is 20.2. The summed E-state index contributed by atoms with van der Waals surface area (Å²) in [6, 6.07) is 3.05. The zero-order chi connectivity index (χ0) is 17.0. The maximum absolute atomic E-state index is 12.3. The number of fused-ring (bicyclic) bond motifs is 1. The summed E-state index contributed by atoms with van der Waals surface area (Å²) in [5, 5.41) is 16.2. The van der Waals surface area contributed by atoms with Crippen LogP contribution in [0.15, 0.2) is 17.5 Å². The van der Waals surface area contributed by atoms with Gasteiger partial charge in [0.1, 0.15) is 15.9 Å². The SMILES string of the molecule is CC1(C)S[C@H]2N(C(=S)[C@]2(C)NC(=O)Cc2cccs2)[C@H]1C(=O)[O-].[Na+]. The van der Waals surface area contributed by atoms with Gasteiger partial charge in [-0.2, -0.15) is 0 Å². The number of carbonyl (C=O) groups is 2. The Bertz CT molecular complexity index is 680. The summed E-state index contributed by atoms with van der Waals surface area (Å²) in [4.78, 5) is 26.9. The first-order chi connectivity index (χ1) is 10.7. The van der Waals surface area contributed by atoms with Crippen molar-refractivity contribution in [3.05, 3.63) is 22.4 Å². The second kappa shape index (κ2) is 6.89. The molecule has 2 aliphatic heterocycles. The van der Waals surface area contributed by atoms with E-state index >= 15 is 0 Å². The van der Waals surface area contributed by atoms with E-state index in [1.165, 1.54) is 23.1 Å². The normalized spacial score (nSPS) is 30.1. The minimum absolute atomic E-state index is 0. The Morgan fingerprint density at radius 2 is 2.08 bits per heavy atom. The van der Waals surface area contributed by atoms with Crippen LogP contribution >= 0.6 is 35.3 Å². The van der Waals surface area contributed by atoms with Crippen LogP contribution in [0, 0.1) is 0 Å². The number of thiophene rings is 1. The van der Waals surface area contributed by atoms with E-state index in [2.05, 4.69) is 5.32 Å². The molecule has 3 heterocycles. The number of carboxylic acid groups (broad SMARTS) is 1. The van der Waals surface area contributed by atoms with Crippen LogP contribution in [0.2, 0.25) is 0 Å². The second-order valence-corrected chi connectivity index (χ2v) is 9.67. The fourth-order valence-corrected chi connectivity index (χ4v) is 6.10. The van der Waals surface area contributed by atoms with Crippen LogP contribution in [0.5, 0.6) is 0 Å². The van der Waals surface area contributed by atoms with Gasteiger partial charge in [-0.3, -0.25) is 4.79 Å². The summed E-state index contributed by atoms with van der Waals surface area (Å²) in [5.41, 5.74) is -0.699. The van der Waals surface area contributed by atoms with Crippen LogP contribution in [0.4, 0.5) is 0 Å². The van der Waals surface area contributed by atoms with Gasteiger partial charge in [0.2, 0.25) is 5.91 Å². The molecule has 1 aromatic rings. The molecule has 5 nitrogen and oxygen atoms in total. The maximum Gasteiger partial charge on any atom is 1.00 e. The Hall–Kier alpha value is -0.120. The second-order valence-electron chi connectivity index (χ2n) is 6.51. The summed E-state index contributed by atoms with van der Waals surface area (Å²) in [7, 11) is 0. The van der Waals surface area contributed by atoms with Crippen LogP contribution in [0.3, 0.4) is 0 Å². The molecule has 0 spiro atoms. The number of aliphatic carboxylic acids is 1.